The number of fused-ring (bicyclic) bond motifs is 1. The van der Waals surface area contributed by atoms with Gasteiger partial charge in [0, 0.05) is 0 Å². The van der Waals surface area contributed by atoms with Gasteiger partial charge in [0.05, 0.1) is 12.1 Å². The van der Waals surface area contributed by atoms with Crippen LogP contribution in [-0.2, 0) is 9.84 Å². The van der Waals surface area contributed by atoms with Gasteiger partial charge in [0.25, 0.3) is 6.08 Å². The van der Waals surface area contributed by atoms with Gasteiger partial charge in [0.1, 0.15) is 11.8 Å². The number of aromatic amines is 1. The smallest absolute Gasteiger partial charge is 0.266 e. The lowest BCUT2D eigenvalue weighted by Gasteiger charge is -2.03. The Morgan fingerprint density at radius 2 is 2.05 bits per heavy atom. The van der Waals surface area contributed by atoms with Gasteiger partial charge >= 0.3 is 0 Å². The number of rotatable bonds is 6. The first kappa shape index (κ1) is 14.5. The van der Waals surface area contributed by atoms with E-state index in [2.05, 4.69) is 19.9 Å². The normalized spacial score (nSPS) is 11.7. The number of hydrogen-bond donors (Lipinski definition) is 1. The van der Waals surface area contributed by atoms with Crippen molar-refractivity contribution in [1.29, 1.82) is 0 Å². The highest BCUT2D eigenvalue weighted by molar-refractivity contribution is 7.91. The van der Waals surface area contributed by atoms with Crippen LogP contribution in [0.25, 0.3) is 11.2 Å². The Morgan fingerprint density at radius 1 is 1.25 bits per heavy atom. The second-order valence-electron chi connectivity index (χ2n) is 4.09. The summed E-state index contributed by atoms with van der Waals surface area (Å²) in [5.41, 5.74) is 0.545. The van der Waals surface area contributed by atoms with Gasteiger partial charge in [-0.15, -0.1) is 0 Å². The Morgan fingerprint density at radius 3 is 2.80 bits per heavy atom. The number of nitrogens with zero attached hydrogens (tertiary/aromatic N) is 3. The van der Waals surface area contributed by atoms with Gasteiger partial charge in [-0.2, -0.15) is 8.78 Å². The molecule has 0 saturated carbocycles. The average Bonchev–Trinajstić information content (AvgIpc) is 2.85. The van der Waals surface area contributed by atoms with Crippen LogP contribution < -0.4 is 0 Å². The largest absolute Gasteiger partial charge is 0.341 e. The molecule has 0 amide bonds. The lowest BCUT2D eigenvalue weighted by molar-refractivity contribution is 0.417. The van der Waals surface area contributed by atoms with Crippen LogP contribution in [0.15, 0.2) is 29.8 Å². The highest BCUT2D eigenvalue weighted by atomic mass is 32.2. The Hall–Kier alpha value is -1.90. The van der Waals surface area contributed by atoms with E-state index in [1.165, 1.54) is 6.33 Å². The van der Waals surface area contributed by atoms with Crippen LogP contribution in [0.4, 0.5) is 8.78 Å². The third-order valence-electron chi connectivity index (χ3n) is 2.65. The summed E-state index contributed by atoms with van der Waals surface area (Å²) in [6.07, 6.45) is 2.32. The number of unbranched alkanes of at least 4 members (excludes halogenated alkanes) is 2. The summed E-state index contributed by atoms with van der Waals surface area (Å²) in [6, 6.07) is 0. The molecule has 0 aliphatic carbocycles. The molecule has 0 aliphatic rings. The standard InChI is InChI=1S/C11H12F2N4O2S/c12-8(13)4-2-1-3-5-20(18,19)11-9-10(15-6-14-9)16-7-17-11/h4,6-7H,1-3,5H2,(H,14,15,16,17). The molecule has 0 atom stereocenters. The molecule has 2 aromatic rings. The number of H-pyrrole nitrogens is 1. The lowest BCUT2D eigenvalue weighted by atomic mass is 10.2. The molecular formula is C11H12F2N4O2S. The van der Waals surface area contributed by atoms with Crippen molar-refractivity contribution in [2.24, 2.45) is 0 Å². The predicted molar refractivity (Wildman–Crippen MR) is 67.9 cm³/mol. The Balaban J connectivity index is 2.07. The second kappa shape index (κ2) is 6.04. The fraction of sp³-hybridized carbons (Fsp3) is 0.364. The Kier molecular flexibility index (Phi) is 4.38. The van der Waals surface area contributed by atoms with Crippen LogP contribution in [-0.4, -0.2) is 34.1 Å². The summed E-state index contributed by atoms with van der Waals surface area (Å²) in [5, 5.41) is -0.104. The Labute approximate surface area is 113 Å². The van der Waals surface area contributed by atoms with Gasteiger partial charge in [-0.3, -0.25) is 0 Å². The minimum absolute atomic E-state index is 0.104. The van der Waals surface area contributed by atoms with E-state index in [0.29, 0.717) is 6.42 Å². The molecule has 2 rings (SSSR count). The van der Waals surface area contributed by atoms with Crippen LogP contribution >= 0.6 is 0 Å². The maximum Gasteiger partial charge on any atom is 0.266 e. The van der Waals surface area contributed by atoms with E-state index in [4.69, 9.17) is 0 Å². The van der Waals surface area contributed by atoms with Crippen molar-refractivity contribution in [2.75, 3.05) is 5.75 Å². The lowest BCUT2D eigenvalue weighted by Crippen LogP contribution is -2.10. The number of hydrogen-bond acceptors (Lipinski definition) is 5. The summed E-state index contributed by atoms with van der Waals surface area (Å²) in [5.74, 6) is -0.153. The topological polar surface area (TPSA) is 88.6 Å². The SMILES string of the molecule is O=S(=O)(CCCCC=C(F)F)c1ncnc2nc[nH]c12. The molecule has 0 radical (unpaired) electrons. The van der Waals surface area contributed by atoms with Crippen molar-refractivity contribution in [3.63, 3.8) is 0 Å². The second-order valence-corrected chi connectivity index (χ2v) is 6.11. The van der Waals surface area contributed by atoms with Crippen LogP contribution in [0.5, 0.6) is 0 Å². The maximum absolute atomic E-state index is 12.1. The zero-order valence-electron chi connectivity index (χ0n) is 10.4. The number of nitrogens with one attached hydrogen (secondary N) is 1. The van der Waals surface area contributed by atoms with Crippen LogP contribution in [0, 0.1) is 0 Å². The quantitative estimate of drug-likeness (QED) is 0.652. The average molecular weight is 302 g/mol. The summed E-state index contributed by atoms with van der Waals surface area (Å²) in [7, 11) is -3.59. The number of halogens is 2. The van der Waals surface area contributed by atoms with Gasteiger partial charge in [0.2, 0.25) is 0 Å². The van der Waals surface area contributed by atoms with Gasteiger partial charge in [-0.05, 0) is 25.3 Å². The maximum atomic E-state index is 12.1. The first-order chi connectivity index (χ1) is 9.50. The van der Waals surface area contributed by atoms with Gasteiger partial charge in [-0.25, -0.2) is 23.4 Å². The molecule has 0 saturated heterocycles. The molecule has 0 unspecified atom stereocenters. The molecule has 108 valence electrons. The highest BCUT2D eigenvalue weighted by Gasteiger charge is 2.20. The molecule has 6 nitrogen and oxygen atoms in total. The third kappa shape index (κ3) is 3.35. The van der Waals surface area contributed by atoms with Gasteiger partial charge in [0.15, 0.2) is 20.5 Å². The molecule has 0 aliphatic heterocycles. The molecule has 0 bridgehead atoms. The minimum Gasteiger partial charge on any atom is -0.341 e. The summed E-state index contributed by atoms with van der Waals surface area (Å²) in [6.45, 7) is 0. The number of aromatic nitrogens is 4. The zero-order valence-corrected chi connectivity index (χ0v) is 11.2. The summed E-state index contributed by atoms with van der Waals surface area (Å²) >= 11 is 0. The third-order valence-corrected chi connectivity index (χ3v) is 4.37. The molecule has 0 fully saturated rings. The minimum atomic E-state index is -3.59. The van der Waals surface area contributed by atoms with Crippen molar-refractivity contribution >= 4 is 21.0 Å². The summed E-state index contributed by atoms with van der Waals surface area (Å²) in [4.78, 5) is 14.2. The fourth-order valence-electron chi connectivity index (χ4n) is 1.72. The molecule has 0 spiro atoms. The first-order valence-electron chi connectivity index (χ1n) is 5.89. The monoisotopic (exact) mass is 302 g/mol. The highest BCUT2D eigenvalue weighted by Crippen LogP contribution is 2.18. The molecular weight excluding hydrogens is 290 g/mol. The van der Waals surface area contributed by atoms with Crippen molar-refractivity contribution in [3.8, 4) is 0 Å². The van der Waals surface area contributed by atoms with Gasteiger partial charge in [-0.1, -0.05) is 0 Å². The molecule has 1 N–H and O–H groups in total. The molecule has 20 heavy (non-hydrogen) atoms. The van der Waals surface area contributed by atoms with E-state index in [-0.39, 0.29) is 34.8 Å². The van der Waals surface area contributed by atoms with Crippen molar-refractivity contribution in [1.82, 2.24) is 19.9 Å². The van der Waals surface area contributed by atoms with Crippen molar-refractivity contribution < 1.29 is 17.2 Å². The molecule has 0 aromatic carbocycles. The summed E-state index contributed by atoms with van der Waals surface area (Å²) < 4.78 is 47.9. The molecule has 2 heterocycles. The van der Waals surface area contributed by atoms with Crippen molar-refractivity contribution in [2.45, 2.75) is 24.3 Å². The first-order valence-corrected chi connectivity index (χ1v) is 7.54. The van der Waals surface area contributed by atoms with Crippen LogP contribution in [0.2, 0.25) is 0 Å². The number of imidazole rings is 1. The number of allylic oxidation sites excluding steroid dienone is 1. The number of sulfone groups is 1. The van der Waals surface area contributed by atoms with E-state index in [1.807, 2.05) is 0 Å². The molecule has 9 heteroatoms. The van der Waals surface area contributed by atoms with Crippen molar-refractivity contribution in [3.05, 3.63) is 24.8 Å². The zero-order chi connectivity index (χ0) is 14.6. The van der Waals surface area contributed by atoms with E-state index in [0.717, 1.165) is 12.4 Å². The van der Waals surface area contributed by atoms with Gasteiger partial charge < -0.3 is 4.98 Å². The fourth-order valence-corrected chi connectivity index (χ4v) is 3.17. The van der Waals surface area contributed by atoms with E-state index in [9.17, 15) is 17.2 Å². The Bertz CT molecular complexity index is 723. The predicted octanol–water partition coefficient (Wildman–Crippen LogP) is 2.08. The van der Waals surface area contributed by atoms with Crippen LogP contribution in [0.1, 0.15) is 19.3 Å². The van der Waals surface area contributed by atoms with E-state index < -0.39 is 15.9 Å². The van der Waals surface area contributed by atoms with E-state index >= 15 is 0 Å². The van der Waals surface area contributed by atoms with E-state index in [1.54, 1.807) is 0 Å². The molecule has 2 aromatic heterocycles. The van der Waals surface area contributed by atoms with Crippen LogP contribution in [0.3, 0.4) is 0 Å².